The minimum Gasteiger partial charge on any atom is -0.458 e. The van der Waals surface area contributed by atoms with Gasteiger partial charge in [-0.05, 0) is 95.9 Å². The lowest BCUT2D eigenvalue weighted by Gasteiger charge is -2.30. The van der Waals surface area contributed by atoms with Crippen LogP contribution in [0.4, 0.5) is 9.59 Å². The van der Waals surface area contributed by atoms with E-state index in [4.69, 9.17) is 14.2 Å². The van der Waals surface area contributed by atoms with Gasteiger partial charge < -0.3 is 29.7 Å². The first-order valence-corrected chi connectivity index (χ1v) is 15.9. The molecule has 2 atom stereocenters. The lowest BCUT2D eigenvalue weighted by molar-refractivity contribution is -0.163. The largest absolute Gasteiger partial charge is 0.458 e. The topological polar surface area (TPSA) is 123 Å². The average molecular weight is 622 g/mol. The van der Waals surface area contributed by atoms with E-state index in [1.807, 2.05) is 36.4 Å². The van der Waals surface area contributed by atoms with Gasteiger partial charge in [0.25, 0.3) is 0 Å². The number of hydrogen-bond donors (Lipinski definition) is 2. The standard InChI is InChI=1S/C35H47N3O7/c1-34(2,3)44-31(40)29-19-13-21-38(29)30(39)28(18-11-12-20-36-32(41)45-35(4,5)6)37-33(42)43-22-27-25-16-9-7-14-23(25)24-15-8-10-17-26(24)27/h7-10,14-17,27-29H,11-13,18-22H2,1-6H3,(H,36,41)(H,37,42)/t28-,29-/m0/s1. The molecule has 45 heavy (non-hydrogen) atoms. The van der Waals surface area contributed by atoms with Gasteiger partial charge in [-0.1, -0.05) is 48.5 Å². The highest BCUT2D eigenvalue weighted by Gasteiger charge is 2.40. The molecule has 0 saturated carbocycles. The van der Waals surface area contributed by atoms with E-state index in [0.29, 0.717) is 45.2 Å². The summed E-state index contributed by atoms with van der Waals surface area (Å²) in [6.45, 7) is 11.6. The van der Waals surface area contributed by atoms with E-state index in [-0.39, 0.29) is 18.4 Å². The molecule has 1 fully saturated rings. The lowest BCUT2D eigenvalue weighted by Crippen LogP contribution is -2.52. The van der Waals surface area contributed by atoms with Crippen LogP contribution in [0, 0.1) is 0 Å². The van der Waals surface area contributed by atoms with Crippen molar-refractivity contribution >= 4 is 24.1 Å². The third-order valence-electron chi connectivity index (χ3n) is 7.74. The Hall–Kier alpha value is -4.08. The second-order valence-electron chi connectivity index (χ2n) is 13.7. The van der Waals surface area contributed by atoms with Crippen LogP contribution in [-0.4, -0.2) is 71.9 Å². The number of hydrogen-bond acceptors (Lipinski definition) is 7. The molecule has 0 unspecified atom stereocenters. The molecule has 2 aromatic rings. The molecule has 1 aliphatic carbocycles. The minimum absolute atomic E-state index is 0.116. The number of fused-ring (bicyclic) bond motifs is 3. The molecule has 2 N–H and O–H groups in total. The molecular formula is C35H47N3O7. The van der Waals surface area contributed by atoms with Crippen LogP contribution in [0.3, 0.4) is 0 Å². The van der Waals surface area contributed by atoms with Crippen LogP contribution >= 0.6 is 0 Å². The van der Waals surface area contributed by atoms with Crippen molar-refractivity contribution in [2.45, 2.75) is 103 Å². The maximum Gasteiger partial charge on any atom is 0.407 e. The van der Waals surface area contributed by atoms with Gasteiger partial charge in [-0.3, -0.25) is 4.79 Å². The third-order valence-corrected chi connectivity index (χ3v) is 7.74. The number of carbonyl (C=O) groups is 4. The molecule has 0 bridgehead atoms. The molecule has 0 aromatic heterocycles. The van der Waals surface area contributed by atoms with Gasteiger partial charge in [-0.2, -0.15) is 0 Å². The van der Waals surface area contributed by atoms with Gasteiger partial charge in [-0.25, -0.2) is 14.4 Å². The molecule has 10 heteroatoms. The Morgan fingerprint density at radius 3 is 2.04 bits per heavy atom. The molecule has 10 nitrogen and oxygen atoms in total. The highest BCUT2D eigenvalue weighted by atomic mass is 16.6. The zero-order valence-electron chi connectivity index (χ0n) is 27.3. The number of benzene rings is 2. The van der Waals surface area contributed by atoms with Gasteiger partial charge in [0.1, 0.15) is 29.9 Å². The molecular weight excluding hydrogens is 574 g/mol. The van der Waals surface area contributed by atoms with E-state index in [0.717, 1.165) is 22.3 Å². The highest BCUT2D eigenvalue weighted by Crippen LogP contribution is 2.44. The first-order valence-electron chi connectivity index (χ1n) is 15.9. The molecule has 244 valence electrons. The number of likely N-dealkylation sites (tertiary alicyclic amines) is 1. The van der Waals surface area contributed by atoms with E-state index < -0.39 is 41.4 Å². The molecule has 1 saturated heterocycles. The predicted molar refractivity (Wildman–Crippen MR) is 171 cm³/mol. The second-order valence-corrected chi connectivity index (χ2v) is 13.7. The van der Waals surface area contributed by atoms with Crippen LogP contribution in [0.5, 0.6) is 0 Å². The third kappa shape index (κ3) is 9.22. The quantitative estimate of drug-likeness (QED) is 0.192. The summed E-state index contributed by atoms with van der Waals surface area (Å²) < 4.78 is 16.6. The summed E-state index contributed by atoms with van der Waals surface area (Å²) in [5, 5.41) is 5.51. The summed E-state index contributed by atoms with van der Waals surface area (Å²) in [6, 6.07) is 14.5. The predicted octanol–water partition coefficient (Wildman–Crippen LogP) is 5.92. The van der Waals surface area contributed by atoms with Gasteiger partial charge in [0.15, 0.2) is 0 Å². The van der Waals surface area contributed by atoms with Crippen LogP contribution in [0.2, 0.25) is 0 Å². The summed E-state index contributed by atoms with van der Waals surface area (Å²) >= 11 is 0. The van der Waals surface area contributed by atoms with Crippen molar-refractivity contribution in [1.29, 1.82) is 0 Å². The van der Waals surface area contributed by atoms with Crippen molar-refractivity contribution in [3.63, 3.8) is 0 Å². The van der Waals surface area contributed by atoms with E-state index in [1.165, 1.54) is 4.90 Å². The summed E-state index contributed by atoms with van der Waals surface area (Å²) in [7, 11) is 0. The monoisotopic (exact) mass is 621 g/mol. The number of rotatable bonds is 10. The number of nitrogens with one attached hydrogen (secondary N) is 2. The van der Waals surface area contributed by atoms with Crippen molar-refractivity contribution in [3.8, 4) is 11.1 Å². The molecule has 1 aliphatic heterocycles. The van der Waals surface area contributed by atoms with Gasteiger partial charge in [0, 0.05) is 19.0 Å². The molecule has 3 amide bonds. The van der Waals surface area contributed by atoms with Crippen molar-refractivity contribution in [2.75, 3.05) is 19.7 Å². The van der Waals surface area contributed by atoms with E-state index in [2.05, 4.69) is 22.8 Å². The first-order chi connectivity index (χ1) is 21.2. The number of esters is 1. The number of amides is 3. The van der Waals surface area contributed by atoms with E-state index >= 15 is 0 Å². The number of carbonyl (C=O) groups excluding carboxylic acids is 4. The molecule has 2 aromatic carbocycles. The number of alkyl carbamates (subject to hydrolysis) is 2. The fourth-order valence-electron chi connectivity index (χ4n) is 5.86. The van der Waals surface area contributed by atoms with Crippen LogP contribution in [0.1, 0.15) is 90.7 Å². The average Bonchev–Trinajstić information content (AvgIpc) is 3.57. The smallest absolute Gasteiger partial charge is 0.407 e. The van der Waals surface area contributed by atoms with Gasteiger partial charge in [0.2, 0.25) is 5.91 Å². The SMILES string of the molecule is CC(C)(C)OC(=O)NCCCC[C@H](NC(=O)OCC1c2ccccc2-c2ccccc21)C(=O)N1CCC[C@H]1C(=O)OC(C)(C)C. The Morgan fingerprint density at radius 1 is 0.844 bits per heavy atom. The fraction of sp³-hybridized carbons (Fsp3) is 0.543. The Labute approximate surface area is 266 Å². The minimum atomic E-state index is -0.912. The van der Waals surface area contributed by atoms with Crippen molar-refractivity contribution in [1.82, 2.24) is 15.5 Å². The highest BCUT2D eigenvalue weighted by molar-refractivity contribution is 5.90. The van der Waals surface area contributed by atoms with E-state index in [9.17, 15) is 19.2 Å². The van der Waals surface area contributed by atoms with E-state index in [1.54, 1.807) is 41.5 Å². The van der Waals surface area contributed by atoms with Crippen molar-refractivity contribution < 1.29 is 33.4 Å². The van der Waals surface area contributed by atoms with Crippen LogP contribution in [0.15, 0.2) is 48.5 Å². The fourth-order valence-corrected chi connectivity index (χ4v) is 5.86. The first kappa shape index (κ1) is 33.8. The van der Waals surface area contributed by atoms with Gasteiger partial charge in [-0.15, -0.1) is 0 Å². The van der Waals surface area contributed by atoms with Crippen LogP contribution < -0.4 is 10.6 Å². The normalized spacial score (nSPS) is 16.8. The van der Waals surface area contributed by atoms with Gasteiger partial charge >= 0.3 is 18.2 Å². The molecule has 0 spiro atoms. The Balaban J connectivity index is 1.40. The summed E-state index contributed by atoms with van der Waals surface area (Å²) in [6.07, 6.45) is 1.34. The van der Waals surface area contributed by atoms with Crippen molar-refractivity contribution in [3.05, 3.63) is 59.7 Å². The zero-order chi connectivity index (χ0) is 32.8. The Bertz CT molecular complexity index is 1330. The number of nitrogens with zero attached hydrogens (tertiary/aromatic N) is 1. The summed E-state index contributed by atoms with van der Waals surface area (Å²) in [4.78, 5) is 53.5. The molecule has 2 aliphatic rings. The van der Waals surface area contributed by atoms with Crippen LogP contribution in [0.25, 0.3) is 11.1 Å². The summed E-state index contributed by atoms with van der Waals surface area (Å²) in [5.41, 5.74) is 3.14. The van der Waals surface area contributed by atoms with Gasteiger partial charge in [0.05, 0.1) is 0 Å². The maximum absolute atomic E-state index is 13.8. The molecule has 0 radical (unpaired) electrons. The lowest BCUT2D eigenvalue weighted by atomic mass is 9.98. The molecule has 1 heterocycles. The van der Waals surface area contributed by atoms with Crippen LogP contribution in [-0.2, 0) is 23.8 Å². The van der Waals surface area contributed by atoms with Crippen molar-refractivity contribution in [2.24, 2.45) is 0 Å². The maximum atomic E-state index is 13.8. The summed E-state index contributed by atoms with van der Waals surface area (Å²) in [5.74, 6) is -0.918. The second kappa shape index (κ2) is 14.3. The number of ether oxygens (including phenoxy) is 3. The Kier molecular flexibility index (Phi) is 10.8. The zero-order valence-corrected chi connectivity index (χ0v) is 27.3. The number of unbranched alkanes of at least 4 members (excludes halogenated alkanes) is 1. The molecule has 4 rings (SSSR count). The Morgan fingerprint density at radius 2 is 1.44 bits per heavy atom.